The molecule has 2 aromatic heterocycles. The molecule has 2 aliphatic rings. The summed E-state index contributed by atoms with van der Waals surface area (Å²) < 4.78 is 4.65. The van der Waals surface area contributed by atoms with Crippen LogP contribution in [-0.4, -0.2) is 88.4 Å². The molecule has 13 nitrogen and oxygen atoms in total. The predicted molar refractivity (Wildman–Crippen MR) is 224 cm³/mol. The number of rotatable bonds is 10. The number of H-pyrrole nitrogens is 2. The lowest BCUT2D eigenvalue weighted by Gasteiger charge is -2.38. The number of halogens is 1. The Morgan fingerprint density at radius 2 is 1.19 bits per heavy atom. The van der Waals surface area contributed by atoms with Crippen LogP contribution in [0.1, 0.15) is 61.7 Å². The van der Waals surface area contributed by atoms with Crippen molar-refractivity contribution in [2.45, 2.75) is 69.7 Å². The maximum absolute atomic E-state index is 12.8. The Balaban J connectivity index is 0.000000218. The van der Waals surface area contributed by atoms with Crippen molar-refractivity contribution >= 4 is 50.2 Å². The molecule has 0 bridgehead atoms. The summed E-state index contributed by atoms with van der Waals surface area (Å²) in [5.41, 5.74) is 5.68. The quantitative estimate of drug-likeness (QED) is 0.109. The minimum absolute atomic E-state index is 0.0255. The van der Waals surface area contributed by atoms with Gasteiger partial charge < -0.3 is 30.0 Å². The fourth-order valence-electron chi connectivity index (χ4n) is 8.43. The summed E-state index contributed by atoms with van der Waals surface area (Å²) in [5.74, 6) is 0. The molecule has 2 saturated heterocycles. The molecule has 2 atom stereocenters. The van der Waals surface area contributed by atoms with Crippen molar-refractivity contribution in [2.24, 2.45) is 0 Å². The second-order valence-corrected chi connectivity index (χ2v) is 15.8. The number of aromatic amines is 2. The highest BCUT2D eigenvalue weighted by molar-refractivity contribution is 9.10. The summed E-state index contributed by atoms with van der Waals surface area (Å²) in [6.07, 6.45) is 2.48. The number of fused-ring (bicyclic) bond motifs is 2. The highest BCUT2D eigenvalue weighted by Gasteiger charge is 2.33. The highest BCUT2D eigenvalue weighted by atomic mass is 79.9. The van der Waals surface area contributed by atoms with Crippen LogP contribution in [0.5, 0.6) is 0 Å². The van der Waals surface area contributed by atoms with Gasteiger partial charge in [-0.15, -0.1) is 0 Å². The first-order valence-electron chi connectivity index (χ1n) is 19.5. The fourth-order valence-corrected chi connectivity index (χ4v) is 8.70. The SMILES string of the molecule is O=C(O)N1CCC(n2c(=O)[nH]c3ccccc32)CC1.O=C(O)N1CCC(n2c(=O)[nH]c3ccccc32)C[C@@H]1CCCN(Cc1ccccc1)Cc1ccc(Br)cc1. The monoisotopic (exact) mass is 837 g/mol. The van der Waals surface area contributed by atoms with Crippen LogP contribution in [0, 0.1) is 0 Å². The van der Waals surface area contributed by atoms with Crippen LogP contribution >= 0.6 is 15.9 Å². The van der Waals surface area contributed by atoms with E-state index in [0.29, 0.717) is 45.3 Å². The van der Waals surface area contributed by atoms with Crippen LogP contribution in [0.4, 0.5) is 9.59 Å². The molecule has 8 rings (SSSR count). The minimum atomic E-state index is -0.885. The number of amides is 2. The summed E-state index contributed by atoms with van der Waals surface area (Å²) in [5, 5.41) is 18.8. The van der Waals surface area contributed by atoms with Gasteiger partial charge in [0.1, 0.15) is 0 Å². The summed E-state index contributed by atoms with van der Waals surface area (Å²) in [6.45, 7) is 3.90. The van der Waals surface area contributed by atoms with Crippen LogP contribution in [0.25, 0.3) is 22.1 Å². The number of nitrogens with zero attached hydrogens (tertiary/aromatic N) is 5. The Morgan fingerprint density at radius 1 is 0.667 bits per heavy atom. The van der Waals surface area contributed by atoms with E-state index in [0.717, 1.165) is 59.0 Å². The molecule has 14 heteroatoms. The average molecular weight is 839 g/mol. The molecular formula is C43H48BrN7O6. The number of hydrogen-bond donors (Lipinski definition) is 4. The van der Waals surface area contributed by atoms with Crippen molar-refractivity contribution in [1.29, 1.82) is 0 Å². The van der Waals surface area contributed by atoms with Gasteiger partial charge >= 0.3 is 23.6 Å². The van der Waals surface area contributed by atoms with E-state index in [4.69, 9.17) is 5.11 Å². The number of nitrogens with one attached hydrogen (secondary N) is 2. The van der Waals surface area contributed by atoms with Gasteiger partial charge in [0.2, 0.25) is 0 Å². The standard InChI is InChI=1S/C30H33BrN4O3.C13H15N3O3/c31-24-14-12-23(13-15-24)21-33(20-22-7-2-1-3-8-22)17-6-9-25-19-26(16-18-34(25)30(37)38)35-28-11-5-4-10-27(28)32-29(35)36;17-12-14-10-3-1-2-4-11(10)16(12)9-5-7-15(8-6-9)13(18)19/h1-5,7-8,10-15,25-26H,6,9,16-21H2,(H,32,36)(H,37,38);1-4,9H,5-8H2,(H,14,17)(H,18,19)/t25-,26?;/m0./s1. The Kier molecular flexibility index (Phi) is 12.6. The Morgan fingerprint density at radius 3 is 1.77 bits per heavy atom. The van der Waals surface area contributed by atoms with E-state index in [9.17, 15) is 24.3 Å². The first-order chi connectivity index (χ1) is 27.6. The number of aromatic nitrogens is 4. The largest absolute Gasteiger partial charge is 0.465 e. The third-order valence-electron chi connectivity index (χ3n) is 11.2. The van der Waals surface area contributed by atoms with E-state index in [2.05, 4.69) is 79.3 Å². The van der Waals surface area contributed by atoms with Crippen LogP contribution in [0.2, 0.25) is 0 Å². The lowest BCUT2D eigenvalue weighted by atomic mass is 9.93. The number of benzene rings is 4. The summed E-state index contributed by atoms with van der Waals surface area (Å²) in [4.78, 5) is 59.0. The summed E-state index contributed by atoms with van der Waals surface area (Å²) >= 11 is 3.52. The van der Waals surface area contributed by atoms with Crippen molar-refractivity contribution in [2.75, 3.05) is 26.2 Å². The lowest BCUT2D eigenvalue weighted by Crippen LogP contribution is -2.47. The zero-order chi connectivity index (χ0) is 39.9. The van der Waals surface area contributed by atoms with Crippen molar-refractivity contribution in [3.8, 4) is 0 Å². The molecular weight excluding hydrogens is 790 g/mol. The molecule has 4 N–H and O–H groups in total. The smallest absolute Gasteiger partial charge is 0.407 e. The molecule has 4 heterocycles. The Hall–Kier alpha value is -5.60. The maximum Gasteiger partial charge on any atom is 0.407 e. The molecule has 1 unspecified atom stereocenters. The maximum atomic E-state index is 12.8. The molecule has 0 aliphatic carbocycles. The lowest BCUT2D eigenvalue weighted by molar-refractivity contribution is 0.0853. The van der Waals surface area contributed by atoms with Gasteiger partial charge in [0.15, 0.2) is 0 Å². The van der Waals surface area contributed by atoms with Gasteiger partial charge in [0.25, 0.3) is 0 Å². The van der Waals surface area contributed by atoms with Gasteiger partial charge in [-0.2, -0.15) is 0 Å². The zero-order valence-electron chi connectivity index (χ0n) is 31.7. The molecule has 2 aliphatic heterocycles. The second-order valence-electron chi connectivity index (χ2n) is 14.9. The topological polar surface area (TPSA) is 160 Å². The van der Waals surface area contributed by atoms with Crippen molar-refractivity contribution < 1.29 is 19.8 Å². The Labute approximate surface area is 338 Å². The minimum Gasteiger partial charge on any atom is -0.465 e. The zero-order valence-corrected chi connectivity index (χ0v) is 33.3. The fraction of sp³-hybridized carbons (Fsp3) is 0.349. The van der Waals surface area contributed by atoms with E-state index in [1.807, 2.05) is 59.2 Å². The molecule has 4 aromatic carbocycles. The predicted octanol–water partition coefficient (Wildman–Crippen LogP) is 7.90. The molecule has 2 amide bonds. The summed E-state index contributed by atoms with van der Waals surface area (Å²) in [6, 6.07) is 34.0. The van der Waals surface area contributed by atoms with Gasteiger partial charge in [-0.3, -0.25) is 14.0 Å². The van der Waals surface area contributed by atoms with Crippen LogP contribution in [-0.2, 0) is 13.1 Å². The van der Waals surface area contributed by atoms with E-state index in [-0.39, 0.29) is 29.5 Å². The molecule has 6 aromatic rings. The van der Waals surface area contributed by atoms with E-state index in [1.54, 1.807) is 9.47 Å². The molecule has 298 valence electrons. The Bertz CT molecular complexity index is 2400. The van der Waals surface area contributed by atoms with Gasteiger partial charge in [0, 0.05) is 55.3 Å². The molecule has 0 spiro atoms. The second kappa shape index (κ2) is 18.1. The number of hydrogen-bond acceptors (Lipinski definition) is 5. The van der Waals surface area contributed by atoms with Crippen LogP contribution in [0.15, 0.2) is 117 Å². The third-order valence-corrected chi connectivity index (χ3v) is 11.8. The number of piperidine rings is 2. The van der Waals surface area contributed by atoms with E-state index < -0.39 is 12.2 Å². The number of likely N-dealkylation sites (tertiary alicyclic amines) is 2. The number of carboxylic acid groups (broad SMARTS) is 2. The van der Waals surface area contributed by atoms with Gasteiger partial charge in [-0.1, -0.05) is 82.7 Å². The molecule has 57 heavy (non-hydrogen) atoms. The number of para-hydroxylation sites is 4. The molecule has 0 saturated carbocycles. The average Bonchev–Trinajstić information content (AvgIpc) is 3.74. The van der Waals surface area contributed by atoms with Crippen LogP contribution in [0.3, 0.4) is 0 Å². The van der Waals surface area contributed by atoms with Gasteiger partial charge in [-0.25, -0.2) is 19.2 Å². The van der Waals surface area contributed by atoms with Crippen molar-refractivity contribution in [1.82, 2.24) is 33.8 Å². The molecule has 0 radical (unpaired) electrons. The van der Waals surface area contributed by atoms with Crippen molar-refractivity contribution in [3.05, 3.63) is 140 Å². The van der Waals surface area contributed by atoms with Gasteiger partial charge in [0.05, 0.1) is 22.1 Å². The summed E-state index contributed by atoms with van der Waals surface area (Å²) in [7, 11) is 0. The molecule has 2 fully saturated rings. The van der Waals surface area contributed by atoms with Crippen molar-refractivity contribution in [3.63, 3.8) is 0 Å². The normalized spacial score (nSPS) is 17.5. The van der Waals surface area contributed by atoms with Crippen LogP contribution < -0.4 is 11.4 Å². The first kappa shape index (κ1) is 39.6. The first-order valence-corrected chi connectivity index (χ1v) is 20.3. The van der Waals surface area contributed by atoms with E-state index >= 15 is 0 Å². The van der Waals surface area contributed by atoms with E-state index in [1.165, 1.54) is 16.0 Å². The highest BCUT2D eigenvalue weighted by Crippen LogP contribution is 2.31. The number of carbonyl (C=O) groups is 2. The third kappa shape index (κ3) is 9.51. The van der Waals surface area contributed by atoms with Gasteiger partial charge in [-0.05, 0) is 92.6 Å². The number of imidazole rings is 2.